The van der Waals surface area contributed by atoms with Crippen LogP contribution in [0.1, 0.15) is 5.82 Å². The highest BCUT2D eigenvalue weighted by molar-refractivity contribution is 7.98. The van der Waals surface area contributed by atoms with E-state index < -0.39 is 0 Å². The van der Waals surface area contributed by atoms with Gasteiger partial charge in [0.05, 0.1) is 20.0 Å². The normalized spacial score (nSPS) is 10.5. The molecule has 0 spiro atoms. The van der Waals surface area contributed by atoms with Gasteiger partial charge >= 0.3 is 0 Å². The standard InChI is InChI=1S/C17H16N2O3S/c1-20-13-8-6-12(7-9-13)17-18-16(19-22-17)11-23-15-5-3-4-14(10-15)21-2/h3-10H,11H2,1-2H3. The monoisotopic (exact) mass is 328 g/mol. The van der Waals surface area contributed by atoms with Crippen LogP contribution in [0.2, 0.25) is 0 Å². The van der Waals surface area contributed by atoms with Gasteiger partial charge in [-0.15, -0.1) is 11.8 Å². The first-order valence-electron chi connectivity index (χ1n) is 7.02. The molecule has 5 nitrogen and oxygen atoms in total. The predicted octanol–water partition coefficient (Wildman–Crippen LogP) is 4.05. The molecule has 0 saturated heterocycles. The second-order valence-corrected chi connectivity index (χ2v) is 5.76. The smallest absolute Gasteiger partial charge is 0.257 e. The van der Waals surface area contributed by atoms with Gasteiger partial charge in [-0.1, -0.05) is 11.2 Å². The molecular formula is C17H16N2O3S. The van der Waals surface area contributed by atoms with E-state index in [0.717, 1.165) is 22.0 Å². The minimum absolute atomic E-state index is 0.508. The molecule has 0 saturated carbocycles. The maximum atomic E-state index is 5.32. The minimum atomic E-state index is 0.508. The van der Waals surface area contributed by atoms with E-state index in [-0.39, 0.29) is 0 Å². The summed E-state index contributed by atoms with van der Waals surface area (Å²) in [5.74, 6) is 3.42. The zero-order valence-corrected chi connectivity index (χ0v) is 13.7. The Morgan fingerprint density at radius 1 is 1.00 bits per heavy atom. The van der Waals surface area contributed by atoms with Crippen LogP contribution in [0.5, 0.6) is 11.5 Å². The highest BCUT2D eigenvalue weighted by Gasteiger charge is 2.09. The van der Waals surface area contributed by atoms with Crippen molar-refractivity contribution in [1.29, 1.82) is 0 Å². The summed E-state index contributed by atoms with van der Waals surface area (Å²) < 4.78 is 15.7. The summed E-state index contributed by atoms with van der Waals surface area (Å²) in [7, 11) is 3.29. The highest BCUT2D eigenvalue weighted by Crippen LogP contribution is 2.26. The van der Waals surface area contributed by atoms with Crippen LogP contribution in [0.15, 0.2) is 57.9 Å². The van der Waals surface area contributed by atoms with Crippen LogP contribution in [0, 0.1) is 0 Å². The quantitative estimate of drug-likeness (QED) is 0.636. The molecule has 0 atom stereocenters. The lowest BCUT2D eigenvalue weighted by Crippen LogP contribution is -1.86. The molecule has 0 aliphatic heterocycles. The fraction of sp³-hybridized carbons (Fsp3) is 0.176. The first kappa shape index (κ1) is 15.4. The maximum Gasteiger partial charge on any atom is 0.257 e. The molecule has 0 radical (unpaired) electrons. The highest BCUT2D eigenvalue weighted by atomic mass is 32.2. The Morgan fingerprint density at radius 2 is 1.78 bits per heavy atom. The van der Waals surface area contributed by atoms with Gasteiger partial charge < -0.3 is 14.0 Å². The van der Waals surface area contributed by atoms with Crippen molar-refractivity contribution < 1.29 is 14.0 Å². The Labute approximate surface area is 138 Å². The van der Waals surface area contributed by atoms with Crippen molar-refractivity contribution in [3.8, 4) is 23.0 Å². The molecule has 3 aromatic rings. The zero-order chi connectivity index (χ0) is 16.1. The third-order valence-electron chi connectivity index (χ3n) is 3.21. The van der Waals surface area contributed by atoms with Crippen LogP contribution in [-0.2, 0) is 5.75 Å². The fourth-order valence-corrected chi connectivity index (χ4v) is 2.79. The van der Waals surface area contributed by atoms with Crippen molar-refractivity contribution in [3.63, 3.8) is 0 Å². The number of hydrogen-bond acceptors (Lipinski definition) is 6. The number of methoxy groups -OCH3 is 2. The van der Waals surface area contributed by atoms with Crippen molar-refractivity contribution in [2.75, 3.05) is 14.2 Å². The SMILES string of the molecule is COc1ccc(-c2nc(CSc3cccc(OC)c3)no2)cc1. The summed E-state index contributed by atoms with van der Waals surface area (Å²) in [6.45, 7) is 0. The van der Waals surface area contributed by atoms with E-state index >= 15 is 0 Å². The summed E-state index contributed by atoms with van der Waals surface area (Å²) in [6.07, 6.45) is 0. The second-order valence-electron chi connectivity index (χ2n) is 4.71. The van der Waals surface area contributed by atoms with E-state index in [2.05, 4.69) is 10.1 Å². The molecule has 3 rings (SSSR count). The topological polar surface area (TPSA) is 57.4 Å². The van der Waals surface area contributed by atoms with Gasteiger partial charge in [0.15, 0.2) is 5.82 Å². The van der Waals surface area contributed by atoms with Gasteiger partial charge in [-0.25, -0.2) is 0 Å². The molecule has 0 bridgehead atoms. The number of aromatic nitrogens is 2. The molecule has 118 valence electrons. The van der Waals surface area contributed by atoms with E-state index in [4.69, 9.17) is 14.0 Å². The molecule has 0 amide bonds. The van der Waals surface area contributed by atoms with E-state index in [0.29, 0.717) is 17.5 Å². The van der Waals surface area contributed by atoms with Gasteiger partial charge in [0, 0.05) is 10.5 Å². The van der Waals surface area contributed by atoms with Crippen LogP contribution in [0.4, 0.5) is 0 Å². The van der Waals surface area contributed by atoms with Crippen molar-refractivity contribution in [3.05, 3.63) is 54.4 Å². The summed E-state index contributed by atoms with van der Waals surface area (Å²) in [5.41, 5.74) is 0.871. The molecule has 1 heterocycles. The van der Waals surface area contributed by atoms with Crippen LogP contribution >= 0.6 is 11.8 Å². The molecule has 23 heavy (non-hydrogen) atoms. The van der Waals surface area contributed by atoms with Crippen LogP contribution in [0.25, 0.3) is 11.5 Å². The maximum absolute atomic E-state index is 5.32. The molecular weight excluding hydrogens is 312 g/mol. The lowest BCUT2D eigenvalue weighted by molar-refractivity contribution is 0.413. The third-order valence-corrected chi connectivity index (χ3v) is 4.20. The van der Waals surface area contributed by atoms with Crippen molar-refractivity contribution in [1.82, 2.24) is 10.1 Å². The molecule has 6 heteroatoms. The third kappa shape index (κ3) is 3.84. The van der Waals surface area contributed by atoms with Crippen LogP contribution < -0.4 is 9.47 Å². The number of hydrogen-bond donors (Lipinski definition) is 0. The summed E-state index contributed by atoms with van der Waals surface area (Å²) in [5, 5.41) is 4.02. The second kappa shape index (κ2) is 7.19. The first-order chi connectivity index (χ1) is 11.3. The van der Waals surface area contributed by atoms with E-state index in [1.807, 2.05) is 48.5 Å². The van der Waals surface area contributed by atoms with Gasteiger partial charge in [-0.3, -0.25) is 0 Å². The molecule has 0 unspecified atom stereocenters. The number of ether oxygens (including phenoxy) is 2. The van der Waals surface area contributed by atoms with Crippen LogP contribution in [0.3, 0.4) is 0 Å². The van der Waals surface area contributed by atoms with E-state index in [1.54, 1.807) is 26.0 Å². The van der Waals surface area contributed by atoms with Gasteiger partial charge in [0.25, 0.3) is 5.89 Å². The summed E-state index contributed by atoms with van der Waals surface area (Å²) in [4.78, 5) is 5.52. The Hall–Kier alpha value is -2.47. The minimum Gasteiger partial charge on any atom is -0.497 e. The number of nitrogens with zero attached hydrogens (tertiary/aromatic N) is 2. The summed E-state index contributed by atoms with van der Waals surface area (Å²) in [6, 6.07) is 15.4. The Kier molecular flexibility index (Phi) is 4.83. The largest absolute Gasteiger partial charge is 0.497 e. The Morgan fingerprint density at radius 3 is 2.52 bits per heavy atom. The van der Waals surface area contributed by atoms with Crippen molar-refractivity contribution in [2.24, 2.45) is 0 Å². The zero-order valence-electron chi connectivity index (χ0n) is 12.9. The van der Waals surface area contributed by atoms with E-state index in [1.165, 1.54) is 0 Å². The predicted molar refractivity (Wildman–Crippen MR) is 88.8 cm³/mol. The van der Waals surface area contributed by atoms with Gasteiger partial charge in [0.2, 0.25) is 0 Å². The van der Waals surface area contributed by atoms with Gasteiger partial charge in [-0.2, -0.15) is 4.98 Å². The van der Waals surface area contributed by atoms with E-state index in [9.17, 15) is 0 Å². The average molecular weight is 328 g/mol. The lowest BCUT2D eigenvalue weighted by Gasteiger charge is -2.02. The van der Waals surface area contributed by atoms with Gasteiger partial charge in [-0.05, 0) is 42.5 Å². The van der Waals surface area contributed by atoms with Gasteiger partial charge in [0.1, 0.15) is 11.5 Å². The molecule has 0 aliphatic carbocycles. The fourth-order valence-electron chi connectivity index (χ4n) is 2.00. The number of benzene rings is 2. The molecule has 0 aliphatic rings. The molecule has 0 N–H and O–H groups in total. The Balaban J connectivity index is 1.66. The van der Waals surface area contributed by atoms with Crippen LogP contribution in [-0.4, -0.2) is 24.4 Å². The lowest BCUT2D eigenvalue weighted by atomic mass is 10.2. The average Bonchev–Trinajstić information content (AvgIpc) is 3.09. The van der Waals surface area contributed by atoms with Crippen molar-refractivity contribution in [2.45, 2.75) is 10.6 Å². The molecule has 1 aromatic heterocycles. The number of thioether (sulfide) groups is 1. The molecule has 2 aromatic carbocycles. The molecule has 0 fully saturated rings. The van der Waals surface area contributed by atoms with Crippen molar-refractivity contribution >= 4 is 11.8 Å². The number of rotatable bonds is 6. The summed E-state index contributed by atoms with van der Waals surface area (Å²) >= 11 is 1.63. The first-order valence-corrected chi connectivity index (χ1v) is 8.01. The Bertz CT molecular complexity index is 772.